The summed E-state index contributed by atoms with van der Waals surface area (Å²) < 4.78 is 20.5. The smallest absolute Gasteiger partial charge is 0.234 e. The molecule has 3 fully saturated rings. The topological polar surface area (TPSA) is 83.0 Å². The van der Waals surface area contributed by atoms with Crippen LogP contribution in [0.25, 0.3) is 11.6 Å². The molecule has 3 aliphatic heterocycles. The van der Waals surface area contributed by atoms with Gasteiger partial charge in [0.15, 0.2) is 11.6 Å². The van der Waals surface area contributed by atoms with E-state index in [4.69, 9.17) is 4.74 Å². The number of aromatic nitrogens is 1. The molecule has 46 heavy (non-hydrogen) atoms. The van der Waals surface area contributed by atoms with Crippen molar-refractivity contribution in [3.05, 3.63) is 107 Å². The van der Waals surface area contributed by atoms with Crippen molar-refractivity contribution in [2.75, 3.05) is 19.7 Å². The SMILES string of the molecule is CC1=C2[C@@H](CC/C(=C/c3ccc(O)c(F)c3)c3ccccn3)OC[C@@H]2[C@@H]2C(=O)N(C3CCN(Cc4ccccc4)CC3)C(=O)[C@@H]2C1. The molecular weight excluding hydrogens is 581 g/mol. The second kappa shape index (κ2) is 12.9. The Morgan fingerprint density at radius 1 is 1.02 bits per heavy atom. The number of carbonyl (C=O) groups excluding carboxylic acids is 2. The summed E-state index contributed by atoms with van der Waals surface area (Å²) in [5.74, 6) is -1.82. The van der Waals surface area contributed by atoms with Gasteiger partial charge in [0.05, 0.1) is 30.2 Å². The van der Waals surface area contributed by atoms with Gasteiger partial charge in [-0.15, -0.1) is 0 Å². The molecule has 2 aromatic carbocycles. The Balaban J connectivity index is 1.04. The Kier molecular flexibility index (Phi) is 8.58. The van der Waals surface area contributed by atoms with E-state index in [1.165, 1.54) is 28.8 Å². The first-order valence-electron chi connectivity index (χ1n) is 16.4. The number of fused-ring (bicyclic) bond motifs is 3. The Morgan fingerprint density at radius 2 is 1.80 bits per heavy atom. The molecule has 7 rings (SSSR count). The van der Waals surface area contributed by atoms with E-state index in [0.29, 0.717) is 31.4 Å². The number of halogens is 1. The summed E-state index contributed by atoms with van der Waals surface area (Å²) in [6.07, 6.45) is 6.99. The largest absolute Gasteiger partial charge is 0.505 e. The van der Waals surface area contributed by atoms with E-state index < -0.39 is 5.82 Å². The number of allylic oxidation sites excluding steroid dienone is 2. The molecule has 0 saturated carbocycles. The summed E-state index contributed by atoms with van der Waals surface area (Å²) in [4.78, 5) is 36.4. The number of benzene rings is 2. The molecule has 4 heterocycles. The first kappa shape index (κ1) is 30.5. The molecule has 3 aromatic rings. The van der Waals surface area contributed by atoms with Crippen molar-refractivity contribution < 1.29 is 23.8 Å². The zero-order valence-electron chi connectivity index (χ0n) is 26.1. The summed E-state index contributed by atoms with van der Waals surface area (Å²) in [7, 11) is 0. The third-order valence-corrected chi connectivity index (χ3v) is 10.3. The van der Waals surface area contributed by atoms with E-state index >= 15 is 0 Å². The first-order chi connectivity index (χ1) is 22.4. The molecular formula is C38H40FN3O4. The molecule has 1 aromatic heterocycles. The molecule has 4 atom stereocenters. The molecule has 0 radical (unpaired) electrons. The van der Waals surface area contributed by atoms with E-state index in [1.54, 1.807) is 17.2 Å². The van der Waals surface area contributed by atoms with Crippen molar-refractivity contribution in [3.63, 3.8) is 0 Å². The van der Waals surface area contributed by atoms with Gasteiger partial charge >= 0.3 is 0 Å². The van der Waals surface area contributed by atoms with Crippen molar-refractivity contribution in [2.24, 2.45) is 17.8 Å². The molecule has 0 bridgehead atoms. The van der Waals surface area contributed by atoms with Crippen LogP contribution in [0.15, 0.2) is 84.1 Å². The average Bonchev–Trinajstić information content (AvgIpc) is 3.60. The van der Waals surface area contributed by atoms with Crippen LogP contribution in [0.3, 0.4) is 0 Å². The van der Waals surface area contributed by atoms with Crippen molar-refractivity contribution in [3.8, 4) is 5.75 Å². The van der Waals surface area contributed by atoms with Gasteiger partial charge in [-0.1, -0.05) is 48.0 Å². The average molecular weight is 622 g/mol. The van der Waals surface area contributed by atoms with Gasteiger partial charge < -0.3 is 9.84 Å². The predicted octanol–water partition coefficient (Wildman–Crippen LogP) is 6.25. The molecule has 4 aliphatic rings. The van der Waals surface area contributed by atoms with Gasteiger partial charge in [-0.3, -0.25) is 24.4 Å². The number of aromatic hydroxyl groups is 1. The number of rotatable bonds is 8. The Labute approximate surface area is 269 Å². The maximum absolute atomic E-state index is 14.1. The maximum atomic E-state index is 14.1. The summed E-state index contributed by atoms with van der Waals surface area (Å²) in [5.41, 5.74) is 5.99. The summed E-state index contributed by atoms with van der Waals surface area (Å²) in [6.45, 7) is 5.15. The molecule has 8 heteroatoms. The fraction of sp³-hybridized carbons (Fsp3) is 0.395. The van der Waals surface area contributed by atoms with Crippen LogP contribution in [0, 0.1) is 23.6 Å². The molecule has 0 spiro atoms. The number of pyridine rings is 1. The Morgan fingerprint density at radius 3 is 2.54 bits per heavy atom. The van der Waals surface area contributed by atoms with Crippen LogP contribution in [0.5, 0.6) is 5.75 Å². The number of phenols is 1. The second-order valence-electron chi connectivity index (χ2n) is 13.2. The first-order valence-corrected chi connectivity index (χ1v) is 16.4. The van der Waals surface area contributed by atoms with Crippen LogP contribution < -0.4 is 0 Å². The highest BCUT2D eigenvalue weighted by atomic mass is 19.1. The van der Waals surface area contributed by atoms with E-state index in [1.807, 2.05) is 30.3 Å². The van der Waals surface area contributed by atoms with Crippen molar-refractivity contribution in [2.45, 2.75) is 57.7 Å². The number of piperidine rings is 1. The van der Waals surface area contributed by atoms with Gasteiger partial charge in [0, 0.05) is 37.8 Å². The zero-order chi connectivity index (χ0) is 31.8. The van der Waals surface area contributed by atoms with Gasteiger partial charge in [-0.2, -0.15) is 0 Å². The predicted molar refractivity (Wildman–Crippen MR) is 174 cm³/mol. The molecule has 0 unspecified atom stereocenters. The maximum Gasteiger partial charge on any atom is 0.234 e. The lowest BCUT2D eigenvalue weighted by Crippen LogP contribution is -2.47. The number of imide groups is 1. The number of nitrogens with zero attached hydrogens (tertiary/aromatic N) is 3. The molecule has 3 saturated heterocycles. The number of amides is 2. The third kappa shape index (κ3) is 5.92. The van der Waals surface area contributed by atoms with Crippen LogP contribution >= 0.6 is 0 Å². The number of ether oxygens (including phenoxy) is 1. The van der Waals surface area contributed by atoms with Crippen molar-refractivity contribution in [1.29, 1.82) is 0 Å². The Bertz CT molecular complexity index is 1670. The van der Waals surface area contributed by atoms with Gasteiger partial charge in [0.25, 0.3) is 0 Å². The monoisotopic (exact) mass is 621 g/mol. The van der Waals surface area contributed by atoms with Crippen LogP contribution in [-0.4, -0.2) is 63.5 Å². The van der Waals surface area contributed by atoms with Crippen LogP contribution in [0.4, 0.5) is 4.39 Å². The van der Waals surface area contributed by atoms with E-state index in [2.05, 4.69) is 41.1 Å². The summed E-state index contributed by atoms with van der Waals surface area (Å²) in [6, 6.07) is 20.4. The third-order valence-electron chi connectivity index (χ3n) is 10.3. The minimum Gasteiger partial charge on any atom is -0.505 e. The molecule has 1 N–H and O–H groups in total. The highest BCUT2D eigenvalue weighted by molar-refractivity contribution is 6.06. The standard InChI is InChI=1S/C38H40FN3O4/c1-24-19-29-36(38(45)42(37(29)44)28-14-17-41(18-15-28)22-25-7-3-2-4-8-25)30-23-46-34(35(24)30)13-11-27(32-9-5-6-16-40-32)20-26-10-12-33(43)31(39)21-26/h2-10,12,16,20-21,28-30,34,36,43H,11,13-15,17-19,22-23H2,1H3/b27-20-/t29-,30+,34-,36-/m1/s1. The zero-order valence-corrected chi connectivity index (χ0v) is 26.1. The lowest BCUT2D eigenvalue weighted by atomic mass is 9.70. The van der Waals surface area contributed by atoms with Crippen LogP contribution in [0.2, 0.25) is 0 Å². The van der Waals surface area contributed by atoms with Crippen molar-refractivity contribution >= 4 is 23.5 Å². The normalized spacial score (nSPS) is 25.7. The fourth-order valence-electron chi connectivity index (χ4n) is 8.12. The lowest BCUT2D eigenvalue weighted by Gasteiger charge is -2.36. The molecule has 1 aliphatic carbocycles. The van der Waals surface area contributed by atoms with Crippen LogP contribution in [-0.2, 0) is 20.9 Å². The fourth-order valence-corrected chi connectivity index (χ4v) is 8.12. The highest BCUT2D eigenvalue weighted by Crippen LogP contribution is 2.50. The second-order valence-corrected chi connectivity index (χ2v) is 13.2. The molecule has 238 valence electrons. The van der Waals surface area contributed by atoms with Gasteiger partial charge in [0.2, 0.25) is 11.8 Å². The highest BCUT2D eigenvalue weighted by Gasteiger charge is 2.57. The summed E-state index contributed by atoms with van der Waals surface area (Å²) >= 11 is 0. The lowest BCUT2D eigenvalue weighted by molar-refractivity contribution is -0.144. The minimum absolute atomic E-state index is 0.000129. The number of carbonyl (C=O) groups is 2. The number of likely N-dealkylation sites (tertiary alicyclic amines) is 2. The van der Waals surface area contributed by atoms with Crippen molar-refractivity contribution in [1.82, 2.24) is 14.8 Å². The van der Waals surface area contributed by atoms with Gasteiger partial charge in [-0.25, -0.2) is 4.39 Å². The van der Waals surface area contributed by atoms with E-state index in [-0.39, 0.29) is 47.5 Å². The Hall–Kier alpha value is -4.14. The molecule has 2 amide bonds. The van der Waals surface area contributed by atoms with E-state index in [0.717, 1.165) is 43.7 Å². The van der Waals surface area contributed by atoms with Gasteiger partial charge in [0.1, 0.15) is 0 Å². The number of phenolic OH excluding ortho intramolecular Hbond substituents is 1. The summed E-state index contributed by atoms with van der Waals surface area (Å²) in [5, 5.41) is 9.65. The number of hydrogen-bond donors (Lipinski definition) is 1. The van der Waals surface area contributed by atoms with Gasteiger partial charge in [-0.05, 0) is 91.6 Å². The quantitative estimate of drug-likeness (QED) is 0.237. The number of hydrogen-bond acceptors (Lipinski definition) is 6. The molecule has 7 nitrogen and oxygen atoms in total. The van der Waals surface area contributed by atoms with E-state index in [9.17, 15) is 19.1 Å². The minimum atomic E-state index is -0.670. The van der Waals surface area contributed by atoms with Crippen LogP contribution in [0.1, 0.15) is 55.8 Å².